The summed E-state index contributed by atoms with van der Waals surface area (Å²) in [7, 11) is 0. The molecule has 3 rings (SSSR count). The van der Waals surface area contributed by atoms with Crippen LogP contribution in [0.15, 0.2) is 36.4 Å². The molecule has 0 spiro atoms. The number of nitrogens with two attached hydrogens (primary N) is 1. The predicted octanol–water partition coefficient (Wildman–Crippen LogP) is 3.72. The van der Waals surface area contributed by atoms with Gasteiger partial charge < -0.3 is 11.1 Å². The monoisotopic (exact) mass is 282 g/mol. The number of hydrogen-bond acceptors (Lipinski definition) is 3. The maximum Gasteiger partial charge on any atom is 0.161 e. The smallest absolute Gasteiger partial charge is 0.161 e. The molecule has 1 saturated carbocycles. The molecule has 1 aliphatic carbocycles. The van der Waals surface area contributed by atoms with E-state index in [4.69, 9.17) is 5.73 Å². The van der Waals surface area contributed by atoms with Gasteiger partial charge in [0.05, 0.1) is 5.69 Å². The number of benzene rings is 2. The number of carbonyl (C=O) groups is 1. The van der Waals surface area contributed by atoms with Crippen molar-refractivity contribution < 1.29 is 4.79 Å². The third-order valence-electron chi connectivity index (χ3n) is 4.46. The molecule has 0 saturated heterocycles. The zero-order valence-corrected chi connectivity index (χ0v) is 12.4. The molecule has 3 N–H and O–H groups in total. The van der Waals surface area contributed by atoms with Crippen LogP contribution in [0.3, 0.4) is 0 Å². The third-order valence-corrected chi connectivity index (χ3v) is 4.46. The molecule has 2 aromatic carbocycles. The SMILES string of the molecule is CC(=O)c1ccc2ccccc2c1N[C@H]1CCCC[C@@H]1N. The fraction of sp³-hybridized carbons (Fsp3) is 0.389. The molecule has 3 heteroatoms. The van der Waals surface area contributed by atoms with Gasteiger partial charge in [-0.1, -0.05) is 43.2 Å². The molecule has 3 nitrogen and oxygen atoms in total. The average molecular weight is 282 g/mol. The molecule has 0 amide bonds. The number of hydrogen-bond donors (Lipinski definition) is 2. The van der Waals surface area contributed by atoms with E-state index in [0.29, 0.717) is 0 Å². The maximum atomic E-state index is 12.0. The van der Waals surface area contributed by atoms with Crippen LogP contribution in [-0.4, -0.2) is 17.9 Å². The summed E-state index contributed by atoms with van der Waals surface area (Å²) in [6, 6.07) is 12.5. The summed E-state index contributed by atoms with van der Waals surface area (Å²) in [5.74, 6) is 0.0904. The molecule has 2 atom stereocenters. The Bertz CT molecular complexity index is 665. The van der Waals surface area contributed by atoms with Crippen molar-refractivity contribution in [2.75, 3.05) is 5.32 Å². The van der Waals surface area contributed by atoms with Crippen molar-refractivity contribution >= 4 is 22.2 Å². The lowest BCUT2D eigenvalue weighted by Gasteiger charge is -2.31. The number of rotatable bonds is 3. The summed E-state index contributed by atoms with van der Waals surface area (Å²) < 4.78 is 0. The first-order valence-corrected chi connectivity index (χ1v) is 7.71. The van der Waals surface area contributed by atoms with Crippen LogP contribution in [0.5, 0.6) is 0 Å². The van der Waals surface area contributed by atoms with Gasteiger partial charge >= 0.3 is 0 Å². The fourth-order valence-electron chi connectivity index (χ4n) is 3.24. The Balaban J connectivity index is 2.05. The Morgan fingerprint density at radius 3 is 2.67 bits per heavy atom. The lowest BCUT2D eigenvalue weighted by molar-refractivity contribution is 0.101. The largest absolute Gasteiger partial charge is 0.380 e. The van der Waals surface area contributed by atoms with E-state index in [9.17, 15) is 4.79 Å². The molecule has 0 radical (unpaired) electrons. The highest BCUT2D eigenvalue weighted by Gasteiger charge is 2.23. The van der Waals surface area contributed by atoms with Crippen molar-refractivity contribution in [3.8, 4) is 0 Å². The van der Waals surface area contributed by atoms with Gasteiger partial charge in [-0.3, -0.25) is 4.79 Å². The van der Waals surface area contributed by atoms with Gasteiger partial charge in [-0.25, -0.2) is 0 Å². The van der Waals surface area contributed by atoms with Gasteiger partial charge in [-0.15, -0.1) is 0 Å². The van der Waals surface area contributed by atoms with Gasteiger partial charge in [0.15, 0.2) is 5.78 Å². The van der Waals surface area contributed by atoms with Crippen LogP contribution in [0.25, 0.3) is 10.8 Å². The van der Waals surface area contributed by atoms with E-state index in [-0.39, 0.29) is 17.9 Å². The van der Waals surface area contributed by atoms with E-state index < -0.39 is 0 Å². The number of Topliss-reactive ketones (excluding diaryl/α,β-unsaturated/α-hetero) is 1. The minimum Gasteiger partial charge on any atom is -0.380 e. The number of fused-ring (bicyclic) bond motifs is 1. The molecule has 0 unspecified atom stereocenters. The summed E-state index contributed by atoms with van der Waals surface area (Å²) in [5, 5.41) is 5.83. The minimum absolute atomic E-state index is 0.0904. The van der Waals surface area contributed by atoms with Gasteiger partial charge in [-0.2, -0.15) is 0 Å². The van der Waals surface area contributed by atoms with Gasteiger partial charge in [0.2, 0.25) is 0 Å². The van der Waals surface area contributed by atoms with Crippen molar-refractivity contribution in [1.82, 2.24) is 0 Å². The molecule has 110 valence electrons. The van der Waals surface area contributed by atoms with E-state index in [0.717, 1.165) is 34.9 Å². The molecule has 21 heavy (non-hydrogen) atoms. The molecular weight excluding hydrogens is 260 g/mol. The minimum atomic E-state index is 0.0904. The van der Waals surface area contributed by atoms with Crippen LogP contribution in [0.1, 0.15) is 43.0 Å². The number of nitrogens with one attached hydrogen (secondary N) is 1. The van der Waals surface area contributed by atoms with Crippen molar-refractivity contribution in [2.45, 2.75) is 44.7 Å². The molecule has 0 bridgehead atoms. The van der Waals surface area contributed by atoms with Crippen molar-refractivity contribution in [2.24, 2.45) is 5.73 Å². The van der Waals surface area contributed by atoms with Gasteiger partial charge in [0.25, 0.3) is 0 Å². The van der Waals surface area contributed by atoms with Gasteiger partial charge in [0.1, 0.15) is 0 Å². The second kappa shape index (κ2) is 5.86. The van der Waals surface area contributed by atoms with Crippen molar-refractivity contribution in [3.63, 3.8) is 0 Å². The van der Waals surface area contributed by atoms with Crippen LogP contribution >= 0.6 is 0 Å². The van der Waals surface area contributed by atoms with E-state index in [1.54, 1.807) is 6.92 Å². The Labute approximate surface area is 125 Å². The topological polar surface area (TPSA) is 55.1 Å². The Morgan fingerprint density at radius 2 is 1.90 bits per heavy atom. The molecular formula is C18H22N2O. The highest BCUT2D eigenvalue weighted by atomic mass is 16.1. The lowest BCUT2D eigenvalue weighted by Crippen LogP contribution is -2.42. The molecule has 1 aliphatic rings. The zero-order valence-electron chi connectivity index (χ0n) is 12.4. The summed E-state index contributed by atoms with van der Waals surface area (Å²) >= 11 is 0. The number of anilines is 1. The summed E-state index contributed by atoms with van der Waals surface area (Å²) in [6.07, 6.45) is 4.53. The van der Waals surface area contributed by atoms with Crippen LogP contribution in [0, 0.1) is 0 Å². The molecule has 0 heterocycles. The lowest BCUT2D eigenvalue weighted by atomic mass is 9.90. The van der Waals surface area contributed by atoms with E-state index in [1.807, 2.05) is 24.3 Å². The summed E-state index contributed by atoms with van der Waals surface area (Å²) in [6.45, 7) is 1.62. The number of ketones is 1. The molecule has 0 aromatic heterocycles. The van der Waals surface area contributed by atoms with Crippen LogP contribution in [-0.2, 0) is 0 Å². The Hall–Kier alpha value is -1.87. The number of carbonyl (C=O) groups excluding carboxylic acids is 1. The van der Waals surface area contributed by atoms with Crippen LogP contribution in [0.4, 0.5) is 5.69 Å². The molecule has 2 aromatic rings. The second-order valence-electron chi connectivity index (χ2n) is 5.96. The second-order valence-corrected chi connectivity index (χ2v) is 5.96. The van der Waals surface area contributed by atoms with E-state index in [1.165, 1.54) is 12.8 Å². The van der Waals surface area contributed by atoms with Crippen LogP contribution < -0.4 is 11.1 Å². The van der Waals surface area contributed by atoms with Gasteiger partial charge in [0, 0.05) is 23.0 Å². The molecule has 1 fully saturated rings. The van der Waals surface area contributed by atoms with Crippen LogP contribution in [0.2, 0.25) is 0 Å². The quantitative estimate of drug-likeness (QED) is 0.843. The highest BCUT2D eigenvalue weighted by molar-refractivity contribution is 6.08. The van der Waals surface area contributed by atoms with Gasteiger partial charge in [-0.05, 0) is 31.2 Å². The Kier molecular flexibility index (Phi) is 3.93. The fourth-order valence-corrected chi connectivity index (χ4v) is 3.24. The van der Waals surface area contributed by atoms with Crippen molar-refractivity contribution in [1.29, 1.82) is 0 Å². The van der Waals surface area contributed by atoms with E-state index >= 15 is 0 Å². The first-order chi connectivity index (χ1) is 10.2. The third kappa shape index (κ3) is 2.79. The standard InChI is InChI=1S/C18H22N2O/c1-12(21)14-11-10-13-6-2-3-7-15(13)18(14)20-17-9-5-4-8-16(17)19/h2-3,6-7,10-11,16-17,20H,4-5,8-9,19H2,1H3/t16-,17-/m0/s1. The normalized spacial score (nSPS) is 22.2. The Morgan fingerprint density at radius 1 is 1.14 bits per heavy atom. The maximum absolute atomic E-state index is 12.0. The van der Waals surface area contributed by atoms with Crippen molar-refractivity contribution in [3.05, 3.63) is 42.0 Å². The average Bonchev–Trinajstić information content (AvgIpc) is 2.49. The predicted molar refractivity (Wildman–Crippen MR) is 87.8 cm³/mol. The summed E-state index contributed by atoms with van der Waals surface area (Å²) in [5.41, 5.74) is 7.95. The van der Waals surface area contributed by atoms with E-state index in [2.05, 4.69) is 17.4 Å². The summed E-state index contributed by atoms with van der Waals surface area (Å²) in [4.78, 5) is 12.0. The first-order valence-electron chi connectivity index (χ1n) is 7.71. The zero-order chi connectivity index (χ0) is 14.8. The molecule has 0 aliphatic heterocycles. The highest BCUT2D eigenvalue weighted by Crippen LogP contribution is 2.31. The first kappa shape index (κ1) is 14.1.